The highest BCUT2D eigenvalue weighted by molar-refractivity contribution is 5.92. The molecule has 0 spiro atoms. The van der Waals surface area contributed by atoms with E-state index in [0.717, 1.165) is 30.3 Å². The van der Waals surface area contributed by atoms with Crippen LogP contribution in [0, 0.1) is 10.1 Å². The monoisotopic (exact) mass is 262 g/mol. The van der Waals surface area contributed by atoms with E-state index in [1.807, 2.05) is 13.8 Å². The van der Waals surface area contributed by atoms with Crippen LogP contribution in [0.2, 0.25) is 0 Å². The van der Waals surface area contributed by atoms with E-state index in [0.29, 0.717) is 5.75 Å². The lowest BCUT2D eigenvalue weighted by Gasteiger charge is -2.09. The normalized spacial score (nSPS) is 15.4. The van der Waals surface area contributed by atoms with Gasteiger partial charge in [-0.15, -0.1) is 0 Å². The number of ether oxygens (including phenoxy) is 1. The summed E-state index contributed by atoms with van der Waals surface area (Å²) in [6, 6.07) is 6.05. The van der Waals surface area contributed by atoms with Gasteiger partial charge in [-0.1, -0.05) is 0 Å². The molecular weight excluding hydrogens is 246 g/mol. The zero-order valence-corrected chi connectivity index (χ0v) is 10.9. The maximum Gasteiger partial charge on any atom is 0.269 e. The molecule has 1 aromatic rings. The number of nitrogens with one attached hydrogen (secondary N) is 2. The molecular formula is C13H16N3O3+. The van der Waals surface area contributed by atoms with Gasteiger partial charge >= 0.3 is 0 Å². The zero-order chi connectivity index (χ0) is 13.8. The van der Waals surface area contributed by atoms with E-state index in [1.54, 1.807) is 12.1 Å². The Hall–Kier alpha value is -2.37. The smallest absolute Gasteiger partial charge is 0.269 e. The van der Waals surface area contributed by atoms with Gasteiger partial charge in [0.05, 0.1) is 17.2 Å². The molecule has 0 aliphatic carbocycles. The number of hydrogen-bond acceptors (Lipinski definition) is 4. The first-order chi connectivity index (χ1) is 9.08. The zero-order valence-electron chi connectivity index (χ0n) is 10.9. The van der Waals surface area contributed by atoms with Crippen LogP contribution in [-0.4, -0.2) is 23.7 Å². The van der Waals surface area contributed by atoms with Crippen LogP contribution in [0.15, 0.2) is 35.7 Å². The summed E-state index contributed by atoms with van der Waals surface area (Å²) in [7, 11) is 0. The summed E-state index contributed by atoms with van der Waals surface area (Å²) < 4.78 is 5.79. The topological polar surface area (TPSA) is 78.4 Å². The SMILES string of the molecule is CC1=[NH+]CCNC(C)=C1Oc1ccc([N+](=O)[O-])cc1. The Kier molecular flexibility index (Phi) is 3.79. The number of nitro benzene ring substituents is 1. The molecule has 0 saturated heterocycles. The fraction of sp³-hybridized carbons (Fsp3) is 0.308. The minimum atomic E-state index is -0.430. The fourth-order valence-electron chi connectivity index (χ4n) is 1.85. The Morgan fingerprint density at radius 1 is 1.32 bits per heavy atom. The van der Waals surface area contributed by atoms with Crippen LogP contribution in [0.1, 0.15) is 13.8 Å². The molecule has 6 nitrogen and oxygen atoms in total. The molecule has 1 aromatic carbocycles. The molecule has 0 unspecified atom stereocenters. The van der Waals surface area contributed by atoms with Crippen LogP contribution >= 0.6 is 0 Å². The molecule has 100 valence electrons. The van der Waals surface area contributed by atoms with Crippen molar-refractivity contribution < 1.29 is 14.7 Å². The van der Waals surface area contributed by atoms with Crippen molar-refractivity contribution in [2.45, 2.75) is 13.8 Å². The molecule has 0 saturated carbocycles. The second kappa shape index (κ2) is 5.51. The molecule has 2 N–H and O–H groups in total. The third kappa shape index (κ3) is 3.09. The van der Waals surface area contributed by atoms with Crippen molar-refractivity contribution in [1.82, 2.24) is 5.32 Å². The van der Waals surface area contributed by atoms with E-state index < -0.39 is 4.92 Å². The van der Waals surface area contributed by atoms with Gasteiger partial charge in [0.25, 0.3) is 5.69 Å². The maximum absolute atomic E-state index is 10.6. The Labute approximate surface area is 111 Å². The second-order valence-electron chi connectivity index (χ2n) is 4.29. The van der Waals surface area contributed by atoms with Crippen LogP contribution in [0.4, 0.5) is 5.69 Å². The highest BCUT2D eigenvalue weighted by atomic mass is 16.6. The summed E-state index contributed by atoms with van der Waals surface area (Å²) in [5, 5.41) is 13.8. The fourth-order valence-corrected chi connectivity index (χ4v) is 1.85. The van der Waals surface area contributed by atoms with Crippen molar-refractivity contribution >= 4 is 11.4 Å². The van der Waals surface area contributed by atoms with Gasteiger partial charge in [-0.2, -0.15) is 0 Å². The molecule has 1 heterocycles. The van der Waals surface area contributed by atoms with Crippen molar-refractivity contribution in [3.8, 4) is 5.75 Å². The van der Waals surface area contributed by atoms with Crippen molar-refractivity contribution in [1.29, 1.82) is 0 Å². The maximum atomic E-state index is 10.6. The number of nitrogens with zero attached hydrogens (tertiary/aromatic N) is 1. The Balaban J connectivity index is 2.22. The molecule has 19 heavy (non-hydrogen) atoms. The largest absolute Gasteiger partial charge is 0.449 e. The van der Waals surface area contributed by atoms with E-state index in [-0.39, 0.29) is 5.69 Å². The van der Waals surface area contributed by atoms with Crippen molar-refractivity contribution in [2.75, 3.05) is 13.1 Å². The standard InChI is InChI=1S/C13H15N3O3/c1-9-13(10(2)15-8-7-14-9)19-12-5-3-11(4-6-12)16(17)18/h3-6,14H,7-8H2,1-2H3/p+1. The average molecular weight is 262 g/mol. The molecule has 0 aromatic heterocycles. The lowest BCUT2D eigenvalue weighted by molar-refractivity contribution is -0.454. The van der Waals surface area contributed by atoms with E-state index in [1.165, 1.54) is 12.1 Å². The molecule has 0 bridgehead atoms. The minimum Gasteiger partial charge on any atom is -0.449 e. The number of nitro groups is 1. The van der Waals surface area contributed by atoms with Crippen molar-refractivity contribution in [3.05, 3.63) is 45.8 Å². The summed E-state index contributed by atoms with van der Waals surface area (Å²) in [6.45, 7) is 5.54. The van der Waals surface area contributed by atoms with Gasteiger partial charge in [0.15, 0.2) is 6.54 Å². The summed E-state index contributed by atoms with van der Waals surface area (Å²) >= 11 is 0. The second-order valence-corrected chi connectivity index (χ2v) is 4.29. The summed E-state index contributed by atoms with van der Waals surface area (Å²) in [5.41, 5.74) is 1.94. The van der Waals surface area contributed by atoms with E-state index in [4.69, 9.17) is 4.74 Å². The Bertz CT molecular complexity index is 547. The number of non-ortho nitro benzene ring substituents is 1. The molecule has 0 radical (unpaired) electrons. The third-order valence-corrected chi connectivity index (χ3v) is 2.85. The van der Waals surface area contributed by atoms with Crippen molar-refractivity contribution in [3.63, 3.8) is 0 Å². The van der Waals surface area contributed by atoms with Crippen LogP contribution in [0.5, 0.6) is 5.75 Å². The van der Waals surface area contributed by atoms with Gasteiger partial charge in [0.1, 0.15) is 5.75 Å². The van der Waals surface area contributed by atoms with Gasteiger partial charge in [0, 0.05) is 19.1 Å². The molecule has 6 heteroatoms. The highest BCUT2D eigenvalue weighted by Gasteiger charge is 2.17. The predicted octanol–water partition coefficient (Wildman–Crippen LogP) is 0.350. The Morgan fingerprint density at radius 3 is 2.63 bits per heavy atom. The molecule has 2 rings (SSSR count). The lowest BCUT2D eigenvalue weighted by atomic mass is 10.2. The first kappa shape index (κ1) is 13.1. The van der Waals surface area contributed by atoms with Crippen LogP contribution in [0.3, 0.4) is 0 Å². The van der Waals surface area contributed by atoms with E-state index in [9.17, 15) is 10.1 Å². The summed E-state index contributed by atoms with van der Waals surface area (Å²) in [6.07, 6.45) is 0. The molecule has 0 amide bonds. The van der Waals surface area contributed by atoms with E-state index >= 15 is 0 Å². The van der Waals surface area contributed by atoms with Gasteiger partial charge in [-0.25, -0.2) is 4.99 Å². The molecule has 0 atom stereocenters. The van der Waals surface area contributed by atoms with Gasteiger partial charge in [-0.3, -0.25) is 10.1 Å². The first-order valence-corrected chi connectivity index (χ1v) is 6.03. The van der Waals surface area contributed by atoms with Crippen LogP contribution in [0.25, 0.3) is 0 Å². The van der Waals surface area contributed by atoms with Crippen molar-refractivity contribution in [2.24, 2.45) is 0 Å². The lowest BCUT2D eigenvalue weighted by Crippen LogP contribution is -2.73. The summed E-state index contributed by atoms with van der Waals surface area (Å²) in [4.78, 5) is 13.4. The summed E-state index contributed by atoms with van der Waals surface area (Å²) in [5.74, 6) is 1.30. The molecule has 0 fully saturated rings. The number of allylic oxidation sites excluding steroid dienone is 2. The Morgan fingerprint density at radius 2 is 2.00 bits per heavy atom. The quantitative estimate of drug-likeness (QED) is 0.608. The van der Waals surface area contributed by atoms with Crippen LogP contribution < -0.4 is 15.0 Å². The van der Waals surface area contributed by atoms with Crippen LogP contribution in [-0.2, 0) is 0 Å². The molecule has 1 aliphatic rings. The number of hydrogen-bond donors (Lipinski definition) is 2. The third-order valence-electron chi connectivity index (χ3n) is 2.85. The van der Waals surface area contributed by atoms with Gasteiger partial charge in [0.2, 0.25) is 11.5 Å². The average Bonchev–Trinajstić information content (AvgIpc) is 2.54. The molecule has 1 aliphatic heterocycles. The number of rotatable bonds is 3. The first-order valence-electron chi connectivity index (χ1n) is 6.03. The highest BCUT2D eigenvalue weighted by Crippen LogP contribution is 2.20. The van der Waals surface area contributed by atoms with Gasteiger partial charge < -0.3 is 10.1 Å². The van der Waals surface area contributed by atoms with Gasteiger partial charge in [-0.05, 0) is 19.1 Å². The minimum absolute atomic E-state index is 0.0517. The predicted molar refractivity (Wildman–Crippen MR) is 70.9 cm³/mol. The number of benzene rings is 1. The van der Waals surface area contributed by atoms with E-state index in [2.05, 4.69) is 10.3 Å².